The topological polar surface area (TPSA) is 135 Å². The summed E-state index contributed by atoms with van der Waals surface area (Å²) in [6.07, 6.45) is 3.97. The van der Waals surface area contributed by atoms with Crippen molar-refractivity contribution in [2.24, 2.45) is 23.2 Å². The van der Waals surface area contributed by atoms with Crippen molar-refractivity contribution in [3.63, 3.8) is 0 Å². The summed E-state index contributed by atoms with van der Waals surface area (Å²) in [7, 11) is 1.51. The molecule has 4 rings (SSSR count). The maximum atomic E-state index is 15.1. The summed E-state index contributed by atoms with van der Waals surface area (Å²) in [5, 5.41) is 13.7. The van der Waals surface area contributed by atoms with Crippen LogP contribution in [0.3, 0.4) is 0 Å². The summed E-state index contributed by atoms with van der Waals surface area (Å²) in [5.74, 6) is -3.78. The van der Waals surface area contributed by atoms with Gasteiger partial charge < -0.3 is 34.4 Å². The summed E-state index contributed by atoms with van der Waals surface area (Å²) in [5.41, 5.74) is -1.38. The van der Waals surface area contributed by atoms with Crippen LogP contribution in [0, 0.1) is 23.2 Å². The van der Waals surface area contributed by atoms with Crippen molar-refractivity contribution in [1.29, 1.82) is 0 Å². The van der Waals surface area contributed by atoms with Crippen LogP contribution in [0.5, 0.6) is 0 Å². The number of fused-ring (bicyclic) bond motifs is 1. The molecular weight excluding hydrogens is 662 g/mol. The smallest absolute Gasteiger partial charge is 0.313 e. The van der Waals surface area contributed by atoms with Gasteiger partial charge in [-0.25, -0.2) is 0 Å². The standard InChI is InChI=1S/C41H61N3O8/c1-11-13-19-31(46)42-28(24-50-10)34(27-17-15-14-16-18-27)51-38(49)32-30-20-21-41(52-30)33(32)36(47)44(29(23-45)26(3)4)35(41)37(48)43(22-12-2)40(8,9)25-39(5,6)7/h11-12,14-18,26,28-30,32-35,45H,1-2,13,19-25H2,3-10H3,(H,42,46)/t28-,29+,30+,32-,33-,34-,35+,41-/m1/s1. The summed E-state index contributed by atoms with van der Waals surface area (Å²) >= 11 is 0. The lowest BCUT2D eigenvalue weighted by molar-refractivity contribution is -0.164. The zero-order valence-electron chi connectivity index (χ0n) is 32.4. The number of nitrogens with one attached hydrogen (secondary N) is 1. The molecule has 0 saturated carbocycles. The Bertz CT molecular complexity index is 1460. The number of nitrogens with zero attached hydrogens (tertiary/aromatic N) is 2. The first-order valence-corrected chi connectivity index (χ1v) is 18.7. The van der Waals surface area contributed by atoms with E-state index in [-0.39, 0.29) is 49.3 Å². The third-order valence-electron chi connectivity index (χ3n) is 10.8. The zero-order valence-corrected chi connectivity index (χ0v) is 32.4. The molecule has 1 spiro atoms. The Morgan fingerprint density at radius 3 is 2.37 bits per heavy atom. The van der Waals surface area contributed by atoms with Gasteiger partial charge in [-0.15, -0.1) is 13.2 Å². The Labute approximate surface area is 310 Å². The minimum Gasteiger partial charge on any atom is -0.455 e. The number of hydrogen-bond acceptors (Lipinski definition) is 8. The van der Waals surface area contributed by atoms with Crippen LogP contribution in [-0.2, 0) is 33.4 Å². The summed E-state index contributed by atoms with van der Waals surface area (Å²) in [4.78, 5) is 60.8. The average Bonchev–Trinajstić information content (AvgIpc) is 3.71. The number of carbonyl (C=O) groups excluding carboxylic acids is 4. The Kier molecular flexibility index (Phi) is 13.2. The van der Waals surface area contributed by atoms with Gasteiger partial charge in [0.25, 0.3) is 0 Å². The Morgan fingerprint density at radius 2 is 1.81 bits per heavy atom. The average molecular weight is 724 g/mol. The number of hydrogen-bond donors (Lipinski definition) is 2. The molecular formula is C41H61N3O8. The van der Waals surface area contributed by atoms with E-state index >= 15 is 4.79 Å². The van der Waals surface area contributed by atoms with Gasteiger partial charge in [-0.3, -0.25) is 19.2 Å². The Hall–Kier alpha value is -3.54. The van der Waals surface area contributed by atoms with Crippen LogP contribution in [-0.4, -0.2) is 101 Å². The van der Waals surface area contributed by atoms with E-state index in [9.17, 15) is 19.5 Å². The van der Waals surface area contributed by atoms with Crippen molar-refractivity contribution in [3.8, 4) is 0 Å². The fraction of sp³-hybridized carbons (Fsp3) is 0.659. The van der Waals surface area contributed by atoms with E-state index in [0.29, 0.717) is 31.2 Å². The fourth-order valence-electron chi connectivity index (χ4n) is 9.05. The van der Waals surface area contributed by atoms with Crippen LogP contribution in [0.2, 0.25) is 0 Å². The lowest BCUT2D eigenvalue weighted by Crippen LogP contribution is -2.63. The highest BCUT2D eigenvalue weighted by Crippen LogP contribution is 2.60. The lowest BCUT2D eigenvalue weighted by Gasteiger charge is -2.46. The third kappa shape index (κ3) is 8.31. The molecule has 52 heavy (non-hydrogen) atoms. The Morgan fingerprint density at radius 1 is 1.13 bits per heavy atom. The molecule has 2 N–H and O–H groups in total. The van der Waals surface area contributed by atoms with E-state index in [4.69, 9.17) is 14.2 Å². The number of rotatable bonds is 18. The molecule has 2 bridgehead atoms. The second-order valence-corrected chi connectivity index (χ2v) is 16.8. The van der Waals surface area contributed by atoms with Gasteiger partial charge in [0, 0.05) is 25.6 Å². The second kappa shape index (κ2) is 16.6. The highest BCUT2D eigenvalue weighted by atomic mass is 16.6. The van der Waals surface area contributed by atoms with Crippen molar-refractivity contribution in [1.82, 2.24) is 15.1 Å². The first-order valence-electron chi connectivity index (χ1n) is 18.7. The highest BCUT2D eigenvalue weighted by Gasteiger charge is 2.76. The van der Waals surface area contributed by atoms with E-state index in [2.05, 4.69) is 39.2 Å². The summed E-state index contributed by atoms with van der Waals surface area (Å²) in [6.45, 7) is 21.8. The van der Waals surface area contributed by atoms with Crippen LogP contribution < -0.4 is 5.32 Å². The minimum absolute atomic E-state index is 0.0595. The van der Waals surface area contributed by atoms with Gasteiger partial charge >= 0.3 is 5.97 Å². The Balaban J connectivity index is 1.77. The monoisotopic (exact) mass is 723 g/mol. The number of methoxy groups -OCH3 is 1. The van der Waals surface area contributed by atoms with E-state index in [1.165, 1.54) is 12.0 Å². The van der Waals surface area contributed by atoms with E-state index in [1.807, 2.05) is 58.0 Å². The van der Waals surface area contributed by atoms with Crippen molar-refractivity contribution >= 4 is 23.7 Å². The minimum atomic E-state index is -1.30. The number of aliphatic hydroxyl groups excluding tert-OH is 1. The van der Waals surface area contributed by atoms with Crippen LogP contribution >= 0.6 is 0 Å². The van der Waals surface area contributed by atoms with Crippen LogP contribution in [0.4, 0.5) is 0 Å². The molecule has 0 aromatic heterocycles. The van der Waals surface area contributed by atoms with Gasteiger partial charge in [0.05, 0.1) is 43.2 Å². The number of benzene rings is 1. The zero-order chi connectivity index (χ0) is 38.6. The molecule has 0 unspecified atom stereocenters. The van der Waals surface area contributed by atoms with E-state index in [1.54, 1.807) is 17.1 Å². The summed E-state index contributed by atoms with van der Waals surface area (Å²) < 4.78 is 18.6. The number of carbonyl (C=O) groups is 4. The molecule has 1 aromatic rings. The number of aliphatic hydroxyl groups is 1. The molecule has 3 saturated heterocycles. The maximum Gasteiger partial charge on any atom is 0.313 e. The number of ether oxygens (including phenoxy) is 3. The number of amides is 3. The van der Waals surface area contributed by atoms with Gasteiger partial charge in [0.2, 0.25) is 17.7 Å². The molecule has 11 nitrogen and oxygen atoms in total. The molecule has 288 valence electrons. The highest BCUT2D eigenvalue weighted by molar-refractivity contribution is 5.98. The summed E-state index contributed by atoms with van der Waals surface area (Å²) in [6, 6.07) is 6.62. The third-order valence-corrected chi connectivity index (χ3v) is 10.8. The fourth-order valence-corrected chi connectivity index (χ4v) is 9.05. The van der Waals surface area contributed by atoms with Crippen molar-refractivity contribution in [2.75, 3.05) is 26.9 Å². The molecule has 0 aliphatic carbocycles. The molecule has 0 radical (unpaired) electrons. The van der Waals surface area contributed by atoms with Crippen LogP contribution in [0.25, 0.3) is 0 Å². The SMILES string of the molecule is C=CCCC(=O)N[C@H](COC)[C@H](OC(=O)[C@@H]1[C@@H]2CC[C@]3(O2)[C@H](C(=O)N(CC=C)C(C)(C)CC(C)(C)C)N([C@@H](CO)C(C)C)C(=O)[C@@H]13)c1ccccc1. The number of esters is 1. The maximum absolute atomic E-state index is 15.1. The molecule has 1 aromatic carbocycles. The van der Waals surface area contributed by atoms with Gasteiger partial charge in [-0.05, 0) is 56.4 Å². The van der Waals surface area contributed by atoms with Crippen molar-refractivity contribution in [2.45, 2.75) is 122 Å². The molecule has 3 amide bonds. The first kappa shape index (κ1) is 41.2. The normalized spacial score (nSPS) is 25.7. The molecule has 3 aliphatic heterocycles. The molecule has 3 fully saturated rings. The van der Waals surface area contributed by atoms with Gasteiger partial charge in [-0.1, -0.05) is 77.1 Å². The largest absolute Gasteiger partial charge is 0.455 e. The van der Waals surface area contributed by atoms with E-state index in [0.717, 1.165) is 0 Å². The van der Waals surface area contributed by atoms with Gasteiger partial charge in [-0.2, -0.15) is 0 Å². The van der Waals surface area contributed by atoms with Crippen molar-refractivity contribution in [3.05, 3.63) is 61.2 Å². The second-order valence-electron chi connectivity index (χ2n) is 16.8. The predicted molar refractivity (Wildman–Crippen MR) is 199 cm³/mol. The molecule has 8 atom stereocenters. The van der Waals surface area contributed by atoms with Crippen molar-refractivity contribution < 1.29 is 38.5 Å². The molecule has 3 heterocycles. The van der Waals surface area contributed by atoms with E-state index < -0.39 is 65.2 Å². The predicted octanol–water partition coefficient (Wildman–Crippen LogP) is 4.99. The lowest BCUT2D eigenvalue weighted by atomic mass is 9.70. The van der Waals surface area contributed by atoms with Crippen LogP contribution in [0.1, 0.15) is 92.2 Å². The molecule has 11 heteroatoms. The molecule has 3 aliphatic rings. The van der Waals surface area contributed by atoms with Gasteiger partial charge in [0.15, 0.2) is 0 Å². The number of likely N-dealkylation sites (tertiary alicyclic amines) is 1. The first-order chi connectivity index (χ1) is 24.5. The van der Waals surface area contributed by atoms with Crippen LogP contribution in [0.15, 0.2) is 55.6 Å². The van der Waals surface area contributed by atoms with Gasteiger partial charge in [0.1, 0.15) is 17.7 Å². The number of allylic oxidation sites excluding steroid dienone is 1. The quantitative estimate of drug-likeness (QED) is 0.160.